The van der Waals surface area contributed by atoms with E-state index in [1.54, 1.807) is 24.3 Å². The second kappa shape index (κ2) is 8.15. The number of nitrogens with zero attached hydrogens (tertiary/aromatic N) is 1. The predicted octanol–water partition coefficient (Wildman–Crippen LogP) is 5.90. The Bertz CT molecular complexity index is 1180. The molecule has 0 unspecified atom stereocenters. The van der Waals surface area contributed by atoms with Gasteiger partial charge in [-0.1, -0.05) is 33.6 Å². The first-order valence-corrected chi connectivity index (χ1v) is 10.8. The Labute approximate surface area is 191 Å². The van der Waals surface area contributed by atoms with Gasteiger partial charge in [0.1, 0.15) is 17.7 Å². The van der Waals surface area contributed by atoms with E-state index in [4.69, 9.17) is 26.1 Å². The van der Waals surface area contributed by atoms with Crippen LogP contribution < -0.4 is 14.8 Å². The molecule has 5 rings (SSSR count). The number of halogens is 3. The van der Waals surface area contributed by atoms with Crippen molar-refractivity contribution in [1.29, 1.82) is 0 Å². The fraction of sp³-hybridized carbons (Fsp3) is 0.174. The molecule has 5 nitrogen and oxygen atoms in total. The van der Waals surface area contributed by atoms with Gasteiger partial charge in [-0.25, -0.2) is 4.39 Å². The summed E-state index contributed by atoms with van der Waals surface area (Å²) < 4.78 is 26.5. The second-order valence-corrected chi connectivity index (χ2v) is 8.63. The quantitative estimate of drug-likeness (QED) is 0.467. The molecular weight excluding hydrogens is 487 g/mol. The number of ether oxygens (including phenoxy) is 2. The summed E-state index contributed by atoms with van der Waals surface area (Å²) in [5, 5.41) is 14.1. The number of hydrogen-bond donors (Lipinski definition) is 2. The Balaban J connectivity index is 1.61. The number of nitrogens with one attached hydrogen (secondary N) is 1. The maximum Gasteiger partial charge on any atom is 0.231 e. The minimum Gasteiger partial charge on any atom is -0.508 e. The number of rotatable bonds is 3. The molecule has 2 aliphatic rings. The van der Waals surface area contributed by atoms with Crippen molar-refractivity contribution >= 4 is 33.2 Å². The van der Waals surface area contributed by atoms with Crippen LogP contribution in [-0.4, -0.2) is 17.6 Å². The first-order chi connectivity index (χ1) is 15.0. The van der Waals surface area contributed by atoms with Crippen LogP contribution in [0.5, 0.6) is 17.2 Å². The third-order valence-corrected chi connectivity index (χ3v) is 6.21. The van der Waals surface area contributed by atoms with Gasteiger partial charge in [0, 0.05) is 33.8 Å². The molecule has 0 bridgehead atoms. The molecule has 31 heavy (non-hydrogen) atoms. The molecule has 3 aromatic carbocycles. The van der Waals surface area contributed by atoms with Gasteiger partial charge >= 0.3 is 0 Å². The first-order valence-electron chi connectivity index (χ1n) is 9.64. The van der Waals surface area contributed by atoms with Crippen LogP contribution in [-0.2, 0) is 0 Å². The number of aromatic hydroxyl groups is 1. The molecule has 2 heterocycles. The van der Waals surface area contributed by atoms with Crippen molar-refractivity contribution in [2.45, 2.75) is 18.6 Å². The van der Waals surface area contributed by atoms with E-state index in [2.05, 4.69) is 21.2 Å². The average molecular weight is 504 g/mol. The molecule has 2 atom stereocenters. The summed E-state index contributed by atoms with van der Waals surface area (Å²) in [5.74, 6) is 1.01. The van der Waals surface area contributed by atoms with E-state index >= 15 is 0 Å². The molecule has 0 aliphatic carbocycles. The SMILES string of the molecule is Oc1ccc(Br)cc1[C@H]1CC(c2ccc3c(c2)OCO3)=N[C@H](c2c(F)cccc2Cl)N1. The Kier molecular flexibility index (Phi) is 5.33. The normalized spacial score (nSPS) is 19.9. The summed E-state index contributed by atoms with van der Waals surface area (Å²) in [6, 6.07) is 15.1. The van der Waals surface area contributed by atoms with Gasteiger partial charge in [0.15, 0.2) is 11.5 Å². The molecule has 0 saturated carbocycles. The molecule has 0 spiro atoms. The first kappa shape index (κ1) is 20.3. The highest BCUT2D eigenvalue weighted by molar-refractivity contribution is 9.10. The largest absolute Gasteiger partial charge is 0.508 e. The van der Waals surface area contributed by atoms with Gasteiger partial charge in [0.05, 0.1) is 5.02 Å². The Morgan fingerprint density at radius 1 is 1.10 bits per heavy atom. The molecule has 2 N–H and O–H groups in total. The minimum absolute atomic E-state index is 0.144. The molecule has 158 valence electrons. The van der Waals surface area contributed by atoms with Gasteiger partial charge in [0.25, 0.3) is 0 Å². The second-order valence-electron chi connectivity index (χ2n) is 7.31. The van der Waals surface area contributed by atoms with Crippen molar-refractivity contribution in [1.82, 2.24) is 5.32 Å². The van der Waals surface area contributed by atoms with Crippen molar-refractivity contribution in [3.05, 3.63) is 86.6 Å². The zero-order chi connectivity index (χ0) is 21.5. The maximum absolute atomic E-state index is 14.7. The van der Waals surface area contributed by atoms with E-state index in [-0.39, 0.29) is 29.2 Å². The lowest BCUT2D eigenvalue weighted by molar-refractivity contribution is 0.174. The summed E-state index contributed by atoms with van der Waals surface area (Å²) in [6.07, 6.45) is -0.252. The summed E-state index contributed by atoms with van der Waals surface area (Å²) in [7, 11) is 0. The van der Waals surface area contributed by atoms with Crippen LogP contribution >= 0.6 is 27.5 Å². The number of aliphatic imine (C=N–C) groups is 1. The molecule has 2 aliphatic heterocycles. The van der Waals surface area contributed by atoms with Crippen molar-refractivity contribution in [3.63, 3.8) is 0 Å². The van der Waals surface area contributed by atoms with Crippen molar-refractivity contribution in [3.8, 4) is 17.2 Å². The van der Waals surface area contributed by atoms with E-state index in [0.717, 1.165) is 15.7 Å². The van der Waals surface area contributed by atoms with Gasteiger partial charge in [-0.2, -0.15) is 0 Å². The van der Waals surface area contributed by atoms with E-state index in [1.165, 1.54) is 6.07 Å². The van der Waals surface area contributed by atoms with Crippen LogP contribution in [0.25, 0.3) is 0 Å². The molecule has 0 radical (unpaired) electrons. The maximum atomic E-state index is 14.7. The lowest BCUT2D eigenvalue weighted by Gasteiger charge is -2.31. The van der Waals surface area contributed by atoms with Crippen molar-refractivity contribution < 1.29 is 19.0 Å². The summed E-state index contributed by atoms with van der Waals surface area (Å²) >= 11 is 9.80. The van der Waals surface area contributed by atoms with Crippen LogP contribution in [0.2, 0.25) is 5.02 Å². The zero-order valence-corrected chi connectivity index (χ0v) is 18.5. The third-order valence-electron chi connectivity index (χ3n) is 5.39. The van der Waals surface area contributed by atoms with Crippen LogP contribution in [0.15, 0.2) is 64.1 Å². The van der Waals surface area contributed by atoms with Crippen molar-refractivity contribution in [2.24, 2.45) is 4.99 Å². The van der Waals surface area contributed by atoms with Crippen LogP contribution in [0.4, 0.5) is 4.39 Å². The highest BCUT2D eigenvalue weighted by atomic mass is 79.9. The Morgan fingerprint density at radius 2 is 1.94 bits per heavy atom. The standard InChI is InChI=1S/C23H17BrClFN2O3/c24-13-5-6-19(29)14(9-13)18-10-17(12-4-7-20-21(8-12)31-11-30-20)27-23(28-18)22-15(25)2-1-3-16(22)26/h1-9,18,23,28-29H,10-11H2/t18-,23+/m1/s1. The lowest BCUT2D eigenvalue weighted by atomic mass is 9.93. The number of benzene rings is 3. The van der Waals surface area contributed by atoms with Crippen molar-refractivity contribution in [2.75, 3.05) is 6.79 Å². The highest BCUT2D eigenvalue weighted by Gasteiger charge is 2.31. The fourth-order valence-electron chi connectivity index (χ4n) is 3.88. The number of phenolic OH excluding ortho intramolecular Hbond substituents is 1. The average Bonchev–Trinajstić information content (AvgIpc) is 3.23. The summed E-state index contributed by atoms with van der Waals surface area (Å²) in [6.45, 7) is 0.175. The Hall–Kier alpha value is -2.61. The zero-order valence-electron chi connectivity index (χ0n) is 16.1. The van der Waals surface area contributed by atoms with Gasteiger partial charge in [0.2, 0.25) is 6.79 Å². The number of hydrogen-bond acceptors (Lipinski definition) is 5. The van der Waals surface area contributed by atoms with Gasteiger partial charge in [-0.3, -0.25) is 10.3 Å². The Morgan fingerprint density at radius 3 is 2.77 bits per heavy atom. The van der Waals surface area contributed by atoms with Crippen LogP contribution in [0.1, 0.15) is 35.3 Å². The van der Waals surface area contributed by atoms with Gasteiger partial charge < -0.3 is 14.6 Å². The molecule has 0 aromatic heterocycles. The highest BCUT2D eigenvalue weighted by Crippen LogP contribution is 2.39. The molecule has 3 aromatic rings. The topological polar surface area (TPSA) is 63.1 Å². The van der Waals surface area contributed by atoms with E-state index in [1.807, 2.05) is 24.3 Å². The molecule has 0 fully saturated rings. The lowest BCUT2D eigenvalue weighted by Crippen LogP contribution is -2.33. The van der Waals surface area contributed by atoms with E-state index < -0.39 is 12.0 Å². The summed E-state index contributed by atoms with van der Waals surface area (Å²) in [5.41, 5.74) is 2.52. The van der Waals surface area contributed by atoms with E-state index in [9.17, 15) is 9.50 Å². The van der Waals surface area contributed by atoms with Crippen LogP contribution in [0.3, 0.4) is 0 Å². The third kappa shape index (κ3) is 3.89. The summed E-state index contributed by atoms with van der Waals surface area (Å²) in [4.78, 5) is 4.79. The molecular formula is C23H17BrClFN2O3. The molecule has 0 amide bonds. The molecule has 0 saturated heterocycles. The van der Waals surface area contributed by atoms with Crippen LogP contribution in [0, 0.1) is 5.82 Å². The molecule has 8 heteroatoms. The van der Waals surface area contributed by atoms with E-state index in [0.29, 0.717) is 23.5 Å². The monoisotopic (exact) mass is 502 g/mol. The van der Waals surface area contributed by atoms with Gasteiger partial charge in [-0.15, -0.1) is 0 Å². The number of fused-ring (bicyclic) bond motifs is 1. The smallest absolute Gasteiger partial charge is 0.231 e. The number of phenols is 1. The fourth-order valence-corrected chi connectivity index (χ4v) is 4.53. The van der Waals surface area contributed by atoms with Gasteiger partial charge in [-0.05, 0) is 54.1 Å². The minimum atomic E-state index is -0.730. The predicted molar refractivity (Wildman–Crippen MR) is 120 cm³/mol.